The first kappa shape index (κ1) is 14.8. The van der Waals surface area contributed by atoms with Crippen molar-refractivity contribution in [3.63, 3.8) is 0 Å². The van der Waals surface area contributed by atoms with Gasteiger partial charge in [-0.25, -0.2) is 4.98 Å². The van der Waals surface area contributed by atoms with E-state index in [1.807, 2.05) is 6.07 Å². The maximum absolute atomic E-state index is 12.3. The van der Waals surface area contributed by atoms with Gasteiger partial charge in [0.1, 0.15) is 0 Å². The number of nitrogens with one attached hydrogen (secondary N) is 1. The predicted octanol–water partition coefficient (Wildman–Crippen LogP) is 3.43. The third-order valence-corrected chi connectivity index (χ3v) is 4.57. The molecule has 0 bridgehead atoms. The van der Waals surface area contributed by atoms with Gasteiger partial charge in [-0.2, -0.15) is 0 Å². The summed E-state index contributed by atoms with van der Waals surface area (Å²) in [6.45, 7) is 4.25. The molecular formula is C18H22N2O2. The van der Waals surface area contributed by atoms with E-state index in [0.29, 0.717) is 23.9 Å². The van der Waals surface area contributed by atoms with Gasteiger partial charge in [0.2, 0.25) is 5.76 Å². The Morgan fingerprint density at radius 1 is 1.27 bits per heavy atom. The monoisotopic (exact) mass is 298 g/mol. The number of rotatable bonds is 5. The van der Waals surface area contributed by atoms with Gasteiger partial charge in [0.15, 0.2) is 5.89 Å². The highest BCUT2D eigenvalue weighted by Gasteiger charge is 2.37. The Morgan fingerprint density at radius 2 is 2.00 bits per heavy atom. The molecule has 1 saturated carbocycles. The molecule has 1 amide bonds. The highest BCUT2D eigenvalue weighted by molar-refractivity contribution is 5.92. The van der Waals surface area contributed by atoms with E-state index in [4.69, 9.17) is 4.42 Å². The summed E-state index contributed by atoms with van der Waals surface area (Å²) in [5, 5.41) is 3.04. The zero-order chi connectivity index (χ0) is 15.6. The van der Waals surface area contributed by atoms with E-state index in [-0.39, 0.29) is 11.3 Å². The number of amides is 1. The second-order valence-electron chi connectivity index (χ2n) is 6.35. The molecule has 116 valence electrons. The van der Waals surface area contributed by atoms with Crippen molar-refractivity contribution >= 4 is 5.91 Å². The van der Waals surface area contributed by atoms with Crippen LogP contribution in [-0.4, -0.2) is 17.4 Å². The first-order valence-electron chi connectivity index (χ1n) is 7.84. The van der Waals surface area contributed by atoms with E-state index < -0.39 is 0 Å². The molecule has 4 nitrogen and oxygen atoms in total. The molecule has 0 radical (unpaired) electrons. The average Bonchev–Trinajstić information content (AvgIpc) is 2.81. The Bertz CT molecular complexity index is 657. The van der Waals surface area contributed by atoms with Gasteiger partial charge in [-0.1, -0.05) is 36.8 Å². The van der Waals surface area contributed by atoms with Crippen molar-refractivity contribution in [1.82, 2.24) is 10.3 Å². The number of aromatic nitrogens is 1. The lowest BCUT2D eigenvalue weighted by Gasteiger charge is -2.42. The van der Waals surface area contributed by atoms with Gasteiger partial charge < -0.3 is 9.73 Å². The van der Waals surface area contributed by atoms with Crippen LogP contribution in [0.4, 0.5) is 0 Å². The molecule has 0 saturated heterocycles. The molecule has 22 heavy (non-hydrogen) atoms. The van der Waals surface area contributed by atoms with Crippen LogP contribution in [0.5, 0.6) is 0 Å². The summed E-state index contributed by atoms with van der Waals surface area (Å²) in [5.41, 5.74) is 2.18. The average molecular weight is 298 g/mol. The van der Waals surface area contributed by atoms with Crippen LogP contribution in [0.25, 0.3) is 0 Å². The van der Waals surface area contributed by atoms with Gasteiger partial charge in [-0.05, 0) is 37.2 Å². The lowest BCUT2D eigenvalue weighted by molar-refractivity contribution is 0.0832. The summed E-state index contributed by atoms with van der Waals surface area (Å²) >= 11 is 0. The number of carbonyl (C=O) groups excluding carboxylic acids is 1. The Morgan fingerprint density at radius 3 is 2.55 bits per heavy atom. The Hall–Kier alpha value is -2.10. The number of hydrogen-bond donors (Lipinski definition) is 1. The number of carbonyl (C=O) groups is 1. The third-order valence-electron chi connectivity index (χ3n) is 4.57. The minimum Gasteiger partial charge on any atom is -0.436 e. The number of benzene rings is 1. The molecule has 1 aliphatic carbocycles. The zero-order valence-corrected chi connectivity index (χ0v) is 13.2. The fourth-order valence-corrected chi connectivity index (χ4v) is 3.21. The minimum absolute atomic E-state index is 0.155. The van der Waals surface area contributed by atoms with E-state index in [9.17, 15) is 4.79 Å². The van der Waals surface area contributed by atoms with E-state index in [0.717, 1.165) is 19.3 Å². The highest BCUT2D eigenvalue weighted by atomic mass is 16.4. The van der Waals surface area contributed by atoms with Crippen LogP contribution < -0.4 is 5.32 Å². The molecule has 2 aromatic rings. The van der Waals surface area contributed by atoms with E-state index in [2.05, 4.69) is 34.6 Å². The second kappa shape index (κ2) is 5.95. The van der Waals surface area contributed by atoms with E-state index in [1.165, 1.54) is 12.0 Å². The van der Waals surface area contributed by atoms with Crippen LogP contribution in [0, 0.1) is 19.3 Å². The number of aryl methyl sites for hydroxylation is 2. The Balaban J connectivity index is 1.64. The molecule has 1 aromatic heterocycles. The fraction of sp³-hybridized carbons (Fsp3) is 0.444. The predicted molar refractivity (Wildman–Crippen MR) is 84.7 cm³/mol. The lowest BCUT2D eigenvalue weighted by atomic mass is 9.65. The van der Waals surface area contributed by atoms with Crippen molar-refractivity contribution in [1.29, 1.82) is 0 Å². The molecule has 1 heterocycles. The van der Waals surface area contributed by atoms with Crippen LogP contribution in [0.1, 0.15) is 47.0 Å². The topological polar surface area (TPSA) is 55.1 Å². The standard InChI is InChI=1S/C18H22N2O2/c1-13-16(22-14(2)20-13)17(21)19-12-18(9-6-10-18)11-15-7-4-3-5-8-15/h3-5,7-8H,6,9-12H2,1-2H3,(H,19,21). The second-order valence-corrected chi connectivity index (χ2v) is 6.35. The number of oxazole rings is 1. The Kier molecular flexibility index (Phi) is 4.01. The van der Waals surface area contributed by atoms with Crippen molar-refractivity contribution in [2.24, 2.45) is 5.41 Å². The van der Waals surface area contributed by atoms with Gasteiger partial charge in [0.25, 0.3) is 5.91 Å². The van der Waals surface area contributed by atoms with Gasteiger partial charge in [0.05, 0.1) is 5.69 Å². The molecular weight excluding hydrogens is 276 g/mol. The number of nitrogens with zero attached hydrogens (tertiary/aromatic N) is 1. The molecule has 1 aromatic carbocycles. The number of hydrogen-bond acceptors (Lipinski definition) is 3. The third kappa shape index (κ3) is 3.06. The van der Waals surface area contributed by atoms with Crippen molar-refractivity contribution in [3.05, 3.63) is 53.2 Å². The fourth-order valence-electron chi connectivity index (χ4n) is 3.21. The molecule has 4 heteroatoms. The first-order chi connectivity index (χ1) is 10.6. The van der Waals surface area contributed by atoms with Gasteiger partial charge in [-0.3, -0.25) is 4.79 Å². The summed E-state index contributed by atoms with van der Waals surface area (Å²) in [7, 11) is 0. The molecule has 1 fully saturated rings. The molecule has 0 atom stereocenters. The summed E-state index contributed by atoms with van der Waals surface area (Å²) in [4.78, 5) is 16.4. The molecule has 0 aliphatic heterocycles. The van der Waals surface area contributed by atoms with Crippen molar-refractivity contribution in [2.75, 3.05) is 6.54 Å². The zero-order valence-electron chi connectivity index (χ0n) is 13.2. The SMILES string of the molecule is Cc1nc(C)c(C(=O)NCC2(Cc3ccccc3)CCC2)o1. The van der Waals surface area contributed by atoms with Gasteiger partial charge in [0, 0.05) is 13.5 Å². The normalized spacial score (nSPS) is 16.1. The molecule has 0 unspecified atom stereocenters. The quantitative estimate of drug-likeness (QED) is 0.920. The van der Waals surface area contributed by atoms with Crippen molar-refractivity contribution < 1.29 is 9.21 Å². The van der Waals surface area contributed by atoms with Crippen LogP contribution in [0.3, 0.4) is 0 Å². The van der Waals surface area contributed by atoms with Crippen LogP contribution >= 0.6 is 0 Å². The van der Waals surface area contributed by atoms with Crippen LogP contribution in [-0.2, 0) is 6.42 Å². The molecule has 0 spiro atoms. The summed E-state index contributed by atoms with van der Waals surface area (Å²) in [6.07, 6.45) is 4.58. The minimum atomic E-state index is -0.155. The van der Waals surface area contributed by atoms with Crippen LogP contribution in [0.15, 0.2) is 34.7 Å². The molecule has 1 N–H and O–H groups in total. The maximum atomic E-state index is 12.3. The van der Waals surface area contributed by atoms with Crippen LogP contribution in [0.2, 0.25) is 0 Å². The summed E-state index contributed by atoms with van der Waals surface area (Å²) < 4.78 is 5.39. The highest BCUT2D eigenvalue weighted by Crippen LogP contribution is 2.43. The van der Waals surface area contributed by atoms with Crippen molar-refractivity contribution in [2.45, 2.75) is 39.5 Å². The maximum Gasteiger partial charge on any atom is 0.289 e. The van der Waals surface area contributed by atoms with Gasteiger partial charge in [-0.15, -0.1) is 0 Å². The van der Waals surface area contributed by atoms with Gasteiger partial charge >= 0.3 is 0 Å². The summed E-state index contributed by atoms with van der Waals surface area (Å²) in [5.74, 6) is 0.717. The van der Waals surface area contributed by atoms with Crippen molar-refractivity contribution in [3.8, 4) is 0 Å². The molecule has 3 rings (SSSR count). The largest absolute Gasteiger partial charge is 0.436 e. The smallest absolute Gasteiger partial charge is 0.289 e. The Labute approximate surface area is 130 Å². The molecule has 1 aliphatic rings. The lowest BCUT2D eigenvalue weighted by Crippen LogP contribution is -2.43. The van der Waals surface area contributed by atoms with E-state index >= 15 is 0 Å². The van der Waals surface area contributed by atoms with E-state index in [1.54, 1.807) is 13.8 Å². The first-order valence-corrected chi connectivity index (χ1v) is 7.84. The summed E-state index contributed by atoms with van der Waals surface area (Å²) in [6, 6.07) is 10.5.